The van der Waals surface area contributed by atoms with Crippen molar-refractivity contribution in [1.29, 1.82) is 0 Å². The Morgan fingerprint density at radius 3 is 2.54 bits per heavy atom. The van der Waals surface area contributed by atoms with Crippen LogP contribution in [0.1, 0.15) is 30.6 Å². The average molecular weight is 317 g/mol. The van der Waals surface area contributed by atoms with Crippen molar-refractivity contribution in [3.8, 4) is 11.3 Å². The lowest BCUT2D eigenvalue weighted by molar-refractivity contribution is 0.0956. The highest BCUT2D eigenvalue weighted by molar-refractivity contribution is 6.07. The first-order valence-electron chi connectivity index (χ1n) is 7.97. The molecule has 0 bridgehead atoms. The predicted octanol–water partition coefficient (Wildman–Crippen LogP) is 4.42. The first kappa shape index (κ1) is 15.9. The second-order valence-corrected chi connectivity index (χ2v) is 5.58. The van der Waals surface area contributed by atoms with E-state index in [2.05, 4.69) is 15.5 Å². The largest absolute Gasteiger partial charge is 0.272 e. The molecule has 1 N–H and O–H groups in total. The van der Waals surface area contributed by atoms with Gasteiger partial charge in [0.25, 0.3) is 5.91 Å². The van der Waals surface area contributed by atoms with Gasteiger partial charge < -0.3 is 0 Å². The lowest BCUT2D eigenvalue weighted by Gasteiger charge is -2.09. The van der Waals surface area contributed by atoms with Gasteiger partial charge in [-0.1, -0.05) is 55.5 Å². The quantitative estimate of drug-likeness (QED) is 0.572. The van der Waals surface area contributed by atoms with E-state index >= 15 is 0 Å². The van der Waals surface area contributed by atoms with Crippen molar-refractivity contribution in [3.05, 3.63) is 66.2 Å². The molecule has 0 aliphatic rings. The van der Waals surface area contributed by atoms with E-state index in [-0.39, 0.29) is 5.91 Å². The molecular weight excluding hydrogens is 298 g/mol. The van der Waals surface area contributed by atoms with Gasteiger partial charge >= 0.3 is 0 Å². The van der Waals surface area contributed by atoms with Gasteiger partial charge in [-0.25, -0.2) is 10.4 Å². The highest BCUT2D eigenvalue weighted by Gasteiger charge is 2.13. The number of hydrogen-bond acceptors (Lipinski definition) is 3. The summed E-state index contributed by atoms with van der Waals surface area (Å²) in [5, 5.41) is 4.94. The van der Waals surface area contributed by atoms with Crippen LogP contribution in [0.3, 0.4) is 0 Å². The van der Waals surface area contributed by atoms with Crippen LogP contribution in [0.4, 0.5) is 0 Å². The Hall–Kier alpha value is -3.01. The summed E-state index contributed by atoms with van der Waals surface area (Å²) < 4.78 is 0. The third-order valence-electron chi connectivity index (χ3n) is 3.89. The van der Waals surface area contributed by atoms with Crippen molar-refractivity contribution in [2.75, 3.05) is 0 Å². The van der Waals surface area contributed by atoms with Crippen molar-refractivity contribution < 1.29 is 4.79 Å². The van der Waals surface area contributed by atoms with Crippen molar-refractivity contribution in [1.82, 2.24) is 10.4 Å². The molecule has 24 heavy (non-hydrogen) atoms. The third kappa shape index (κ3) is 3.33. The van der Waals surface area contributed by atoms with Gasteiger partial charge in [0.2, 0.25) is 0 Å². The number of benzene rings is 2. The zero-order valence-corrected chi connectivity index (χ0v) is 13.8. The van der Waals surface area contributed by atoms with Gasteiger partial charge in [-0.05, 0) is 25.5 Å². The van der Waals surface area contributed by atoms with E-state index < -0.39 is 0 Å². The van der Waals surface area contributed by atoms with E-state index in [1.807, 2.05) is 74.5 Å². The molecule has 1 amide bonds. The molecule has 0 spiro atoms. The summed E-state index contributed by atoms with van der Waals surface area (Å²) >= 11 is 0. The minimum Gasteiger partial charge on any atom is -0.267 e. The summed E-state index contributed by atoms with van der Waals surface area (Å²) in [5.41, 5.74) is 6.64. The summed E-state index contributed by atoms with van der Waals surface area (Å²) in [4.78, 5) is 17.3. The normalized spacial score (nSPS) is 11.5. The van der Waals surface area contributed by atoms with Crippen molar-refractivity contribution in [2.45, 2.75) is 20.3 Å². The van der Waals surface area contributed by atoms with Gasteiger partial charge in [0.1, 0.15) is 0 Å². The number of para-hydroxylation sites is 1. The number of carbonyl (C=O) groups is 1. The zero-order chi connectivity index (χ0) is 16.9. The zero-order valence-electron chi connectivity index (χ0n) is 13.8. The van der Waals surface area contributed by atoms with Gasteiger partial charge in [0.05, 0.1) is 16.8 Å². The fourth-order valence-corrected chi connectivity index (χ4v) is 2.41. The molecule has 4 nitrogen and oxygen atoms in total. The van der Waals surface area contributed by atoms with Gasteiger partial charge in [0, 0.05) is 16.7 Å². The Morgan fingerprint density at radius 2 is 1.79 bits per heavy atom. The maximum Gasteiger partial charge on any atom is 0.272 e. The summed E-state index contributed by atoms with van der Waals surface area (Å²) in [7, 11) is 0. The number of nitrogens with one attached hydrogen (secondary N) is 1. The molecule has 3 rings (SSSR count). The number of aromatic nitrogens is 1. The van der Waals surface area contributed by atoms with E-state index in [0.29, 0.717) is 5.56 Å². The first-order chi connectivity index (χ1) is 11.7. The molecule has 0 fully saturated rings. The maximum absolute atomic E-state index is 12.6. The molecule has 120 valence electrons. The molecule has 3 aromatic rings. The fraction of sp³-hybridized carbons (Fsp3) is 0.150. The third-order valence-corrected chi connectivity index (χ3v) is 3.89. The van der Waals surface area contributed by atoms with E-state index in [1.165, 1.54) is 0 Å². The highest BCUT2D eigenvalue weighted by atomic mass is 16.2. The molecule has 0 atom stereocenters. The minimum atomic E-state index is -0.224. The molecule has 1 aromatic heterocycles. The van der Waals surface area contributed by atoms with Crippen molar-refractivity contribution >= 4 is 22.5 Å². The summed E-state index contributed by atoms with van der Waals surface area (Å²) in [6, 6.07) is 19.3. The number of nitrogens with zero attached hydrogens (tertiary/aromatic N) is 2. The number of carbonyl (C=O) groups excluding carboxylic acids is 1. The Balaban J connectivity index is 2.10. The van der Waals surface area contributed by atoms with Crippen LogP contribution in [0.2, 0.25) is 0 Å². The maximum atomic E-state index is 12.6. The van der Waals surface area contributed by atoms with Crippen LogP contribution in [0, 0.1) is 0 Å². The highest BCUT2D eigenvalue weighted by Crippen LogP contribution is 2.24. The molecule has 0 aliphatic carbocycles. The topological polar surface area (TPSA) is 54.4 Å². The molecule has 0 saturated carbocycles. The number of hydrogen-bond donors (Lipinski definition) is 1. The number of hydrazone groups is 1. The fourth-order valence-electron chi connectivity index (χ4n) is 2.41. The Labute approximate surface area is 141 Å². The van der Waals surface area contributed by atoms with E-state index in [1.54, 1.807) is 0 Å². The van der Waals surface area contributed by atoms with Gasteiger partial charge in [-0.3, -0.25) is 4.79 Å². The lowest BCUT2D eigenvalue weighted by atomic mass is 10.0. The smallest absolute Gasteiger partial charge is 0.267 e. The number of amides is 1. The molecule has 0 saturated heterocycles. The van der Waals surface area contributed by atoms with Gasteiger partial charge in [0.15, 0.2) is 0 Å². The van der Waals surface area contributed by atoms with Crippen molar-refractivity contribution in [3.63, 3.8) is 0 Å². The van der Waals surface area contributed by atoms with Crippen LogP contribution in [0.15, 0.2) is 65.8 Å². The first-order valence-corrected chi connectivity index (χ1v) is 7.97. The van der Waals surface area contributed by atoms with Crippen LogP contribution < -0.4 is 5.43 Å². The SMILES string of the molecule is CC/C(C)=N/NC(=O)c1cc(-c2ccccc2)nc2ccccc12. The Bertz CT molecular complexity index is 901. The average Bonchev–Trinajstić information content (AvgIpc) is 2.65. The van der Waals surface area contributed by atoms with Crippen LogP contribution >= 0.6 is 0 Å². The monoisotopic (exact) mass is 317 g/mol. The second-order valence-electron chi connectivity index (χ2n) is 5.58. The van der Waals surface area contributed by atoms with Crippen molar-refractivity contribution in [2.24, 2.45) is 5.10 Å². The number of rotatable bonds is 4. The van der Waals surface area contributed by atoms with Crippen LogP contribution in [0.25, 0.3) is 22.2 Å². The van der Waals surface area contributed by atoms with Crippen LogP contribution in [-0.2, 0) is 0 Å². The van der Waals surface area contributed by atoms with E-state index in [4.69, 9.17) is 0 Å². The Morgan fingerprint density at radius 1 is 1.08 bits per heavy atom. The van der Waals surface area contributed by atoms with E-state index in [9.17, 15) is 4.79 Å². The molecule has 2 aromatic carbocycles. The minimum absolute atomic E-state index is 0.224. The molecule has 1 heterocycles. The van der Waals surface area contributed by atoms with E-state index in [0.717, 1.165) is 34.3 Å². The summed E-state index contributed by atoms with van der Waals surface area (Å²) in [6.07, 6.45) is 0.798. The molecule has 0 radical (unpaired) electrons. The molecular formula is C20H19N3O. The Kier molecular flexibility index (Phi) is 4.66. The summed E-state index contributed by atoms with van der Waals surface area (Å²) in [6.45, 7) is 3.89. The van der Waals surface area contributed by atoms with Gasteiger partial charge in [-0.2, -0.15) is 5.10 Å². The lowest BCUT2D eigenvalue weighted by Crippen LogP contribution is -2.19. The second kappa shape index (κ2) is 7.04. The number of fused-ring (bicyclic) bond motifs is 1. The van der Waals surface area contributed by atoms with Gasteiger partial charge in [-0.15, -0.1) is 0 Å². The molecule has 4 heteroatoms. The number of pyridine rings is 1. The van der Waals surface area contributed by atoms with Crippen LogP contribution in [-0.4, -0.2) is 16.6 Å². The molecule has 0 aliphatic heterocycles. The predicted molar refractivity (Wildman–Crippen MR) is 98.0 cm³/mol. The van der Waals surface area contributed by atoms with Crippen LogP contribution in [0.5, 0.6) is 0 Å². The standard InChI is InChI=1S/C20H19N3O/c1-3-14(2)22-23-20(24)17-13-19(15-9-5-4-6-10-15)21-18-12-8-7-11-16(17)18/h4-13H,3H2,1-2H3,(H,23,24)/b22-14+. The summed E-state index contributed by atoms with van der Waals surface area (Å²) in [5.74, 6) is -0.224. The molecule has 0 unspecified atom stereocenters.